The van der Waals surface area contributed by atoms with E-state index in [2.05, 4.69) is 40.8 Å². The van der Waals surface area contributed by atoms with Gasteiger partial charge in [-0.25, -0.2) is 0 Å². The van der Waals surface area contributed by atoms with Crippen LogP contribution in [-0.4, -0.2) is 25.1 Å². The van der Waals surface area contributed by atoms with Crippen molar-refractivity contribution in [3.63, 3.8) is 0 Å². The van der Waals surface area contributed by atoms with Gasteiger partial charge in [-0.3, -0.25) is 0 Å². The van der Waals surface area contributed by atoms with Crippen LogP contribution >= 0.6 is 15.9 Å². The Labute approximate surface area is 100 Å². The van der Waals surface area contributed by atoms with Crippen molar-refractivity contribution in [1.29, 1.82) is 0 Å². The zero-order chi connectivity index (χ0) is 11.1. The molecule has 2 rings (SSSR count). The van der Waals surface area contributed by atoms with Crippen molar-refractivity contribution in [2.45, 2.75) is 26.7 Å². The molecule has 0 aliphatic carbocycles. The van der Waals surface area contributed by atoms with Crippen LogP contribution in [0.1, 0.15) is 26.7 Å². The quantitative estimate of drug-likeness (QED) is 0.726. The van der Waals surface area contributed by atoms with Crippen molar-refractivity contribution in [3.05, 3.63) is 22.0 Å². The van der Waals surface area contributed by atoms with Crippen molar-refractivity contribution in [2.24, 2.45) is 5.41 Å². The largest absolute Gasteiger partial charge is 0.495 e. The van der Waals surface area contributed by atoms with E-state index in [4.69, 9.17) is 4.74 Å². The normalized spacial score (nSPS) is 24.8. The molecule has 0 spiro atoms. The van der Waals surface area contributed by atoms with E-state index in [-0.39, 0.29) is 0 Å². The topological polar surface area (TPSA) is 12.5 Å². The molecule has 1 saturated heterocycles. The van der Waals surface area contributed by atoms with Crippen LogP contribution in [0.15, 0.2) is 22.0 Å². The van der Waals surface area contributed by atoms with Crippen LogP contribution in [0.2, 0.25) is 0 Å². The number of hydrogen-bond acceptors (Lipinski definition) is 2. The number of hydrogen-bond donors (Lipinski definition) is 0. The lowest BCUT2D eigenvalue weighted by Gasteiger charge is -2.42. The Balaban J connectivity index is 2.32. The first-order valence-electron chi connectivity index (χ1n) is 5.40. The summed E-state index contributed by atoms with van der Waals surface area (Å²) in [6, 6.07) is 0. The van der Waals surface area contributed by atoms with Gasteiger partial charge in [0.2, 0.25) is 0 Å². The van der Waals surface area contributed by atoms with E-state index in [9.17, 15) is 0 Å². The van der Waals surface area contributed by atoms with Crippen LogP contribution in [0.25, 0.3) is 0 Å². The van der Waals surface area contributed by atoms with Crippen molar-refractivity contribution in [1.82, 2.24) is 4.90 Å². The summed E-state index contributed by atoms with van der Waals surface area (Å²) in [6.07, 6.45) is 4.48. The summed E-state index contributed by atoms with van der Waals surface area (Å²) in [4.78, 5) is 2.42. The molecule has 2 nitrogen and oxygen atoms in total. The highest BCUT2D eigenvalue weighted by atomic mass is 79.9. The van der Waals surface area contributed by atoms with Crippen LogP contribution in [0.5, 0.6) is 0 Å². The second kappa shape index (κ2) is 3.85. The highest BCUT2D eigenvalue weighted by molar-refractivity contribution is 9.11. The highest BCUT2D eigenvalue weighted by Crippen LogP contribution is 2.40. The van der Waals surface area contributed by atoms with Crippen molar-refractivity contribution < 1.29 is 4.74 Å². The second-order valence-electron chi connectivity index (χ2n) is 5.12. The summed E-state index contributed by atoms with van der Waals surface area (Å²) in [5.74, 6) is 1.03. The summed E-state index contributed by atoms with van der Waals surface area (Å²) in [5.41, 5.74) is 1.78. The van der Waals surface area contributed by atoms with E-state index < -0.39 is 0 Å². The molecule has 2 aliphatic rings. The first kappa shape index (κ1) is 11.1. The molecule has 0 radical (unpaired) electrons. The molecule has 1 fully saturated rings. The Morgan fingerprint density at radius 2 is 2.20 bits per heavy atom. The van der Waals surface area contributed by atoms with Crippen LogP contribution < -0.4 is 0 Å². The predicted octanol–water partition coefficient (Wildman–Crippen LogP) is 3.26. The third-order valence-corrected chi connectivity index (χ3v) is 3.70. The molecule has 15 heavy (non-hydrogen) atoms. The maximum atomic E-state index is 5.46. The average molecular weight is 272 g/mol. The van der Waals surface area contributed by atoms with Gasteiger partial charge in [-0.15, -0.1) is 0 Å². The van der Waals surface area contributed by atoms with Gasteiger partial charge in [0, 0.05) is 17.6 Å². The first-order chi connectivity index (χ1) is 7.02. The Hall–Kier alpha value is -0.440. The minimum atomic E-state index is 0.410. The van der Waals surface area contributed by atoms with Crippen molar-refractivity contribution in [2.75, 3.05) is 20.2 Å². The molecular formula is C12H18BrNO. The summed E-state index contributed by atoms with van der Waals surface area (Å²) in [7, 11) is 1.75. The zero-order valence-electron chi connectivity index (χ0n) is 9.64. The molecule has 0 aromatic carbocycles. The highest BCUT2D eigenvalue weighted by Gasteiger charge is 2.32. The lowest BCUT2D eigenvalue weighted by atomic mass is 9.80. The summed E-state index contributed by atoms with van der Waals surface area (Å²) >= 11 is 3.57. The molecule has 2 heterocycles. The Kier molecular flexibility index (Phi) is 2.84. The fourth-order valence-electron chi connectivity index (χ4n) is 2.27. The minimum absolute atomic E-state index is 0.410. The van der Waals surface area contributed by atoms with E-state index >= 15 is 0 Å². The number of ether oxygens (including phenoxy) is 1. The molecule has 0 unspecified atom stereocenters. The van der Waals surface area contributed by atoms with E-state index in [0.717, 1.165) is 25.3 Å². The Morgan fingerprint density at radius 3 is 2.87 bits per heavy atom. The smallest absolute Gasteiger partial charge is 0.138 e. The minimum Gasteiger partial charge on any atom is -0.495 e. The number of rotatable bonds is 1. The SMILES string of the molecule is COC1=C2CC(C)(C)CCN2CC(Br)=C1. The van der Waals surface area contributed by atoms with E-state index in [1.54, 1.807) is 7.11 Å². The molecule has 84 valence electrons. The molecule has 0 aromatic heterocycles. The van der Waals surface area contributed by atoms with Crippen LogP contribution in [0.3, 0.4) is 0 Å². The number of allylic oxidation sites excluding steroid dienone is 2. The van der Waals surface area contributed by atoms with Gasteiger partial charge in [0.05, 0.1) is 12.8 Å². The fraction of sp³-hybridized carbons (Fsp3) is 0.667. The number of nitrogens with zero attached hydrogens (tertiary/aromatic N) is 1. The molecule has 3 heteroatoms. The monoisotopic (exact) mass is 271 g/mol. The van der Waals surface area contributed by atoms with E-state index in [1.165, 1.54) is 16.6 Å². The number of fused-ring (bicyclic) bond motifs is 1. The molecule has 0 aromatic rings. The van der Waals surface area contributed by atoms with Gasteiger partial charge in [0.25, 0.3) is 0 Å². The maximum Gasteiger partial charge on any atom is 0.138 e. The van der Waals surface area contributed by atoms with Gasteiger partial charge in [0.15, 0.2) is 0 Å². The van der Waals surface area contributed by atoms with E-state index in [0.29, 0.717) is 5.41 Å². The van der Waals surface area contributed by atoms with Crippen molar-refractivity contribution >= 4 is 15.9 Å². The van der Waals surface area contributed by atoms with Crippen LogP contribution in [0, 0.1) is 5.41 Å². The molecule has 0 amide bonds. The van der Waals surface area contributed by atoms with Crippen LogP contribution in [0.4, 0.5) is 0 Å². The summed E-state index contributed by atoms with van der Waals surface area (Å²) in [6.45, 7) is 6.80. The lowest BCUT2D eigenvalue weighted by Crippen LogP contribution is -2.38. The fourth-order valence-corrected chi connectivity index (χ4v) is 2.78. The standard InChI is InChI=1S/C12H18BrNO/c1-12(2)4-5-14-8-9(13)6-11(15-3)10(14)7-12/h6H,4-5,7-8H2,1-3H3. The molecule has 0 atom stereocenters. The number of piperidine rings is 1. The summed E-state index contributed by atoms with van der Waals surface area (Å²) in [5, 5.41) is 0. The van der Waals surface area contributed by atoms with E-state index in [1.807, 2.05) is 0 Å². The van der Waals surface area contributed by atoms with Crippen molar-refractivity contribution in [3.8, 4) is 0 Å². The molecular weight excluding hydrogens is 254 g/mol. The van der Waals surface area contributed by atoms with Gasteiger partial charge < -0.3 is 9.64 Å². The molecule has 0 bridgehead atoms. The first-order valence-corrected chi connectivity index (χ1v) is 6.19. The number of halogens is 1. The van der Waals surface area contributed by atoms with Crippen LogP contribution in [-0.2, 0) is 4.74 Å². The molecule has 0 saturated carbocycles. The Bertz CT molecular complexity index is 331. The lowest BCUT2D eigenvalue weighted by molar-refractivity contribution is 0.167. The average Bonchev–Trinajstić information content (AvgIpc) is 2.17. The van der Waals surface area contributed by atoms with Gasteiger partial charge in [0.1, 0.15) is 5.76 Å². The third kappa shape index (κ3) is 2.22. The zero-order valence-corrected chi connectivity index (χ0v) is 11.2. The van der Waals surface area contributed by atoms with Gasteiger partial charge >= 0.3 is 0 Å². The predicted molar refractivity (Wildman–Crippen MR) is 65.6 cm³/mol. The van der Waals surface area contributed by atoms with Gasteiger partial charge in [-0.2, -0.15) is 0 Å². The molecule has 2 aliphatic heterocycles. The maximum absolute atomic E-state index is 5.46. The second-order valence-corrected chi connectivity index (χ2v) is 6.14. The van der Waals surface area contributed by atoms with Gasteiger partial charge in [-0.05, 0) is 24.3 Å². The Morgan fingerprint density at radius 1 is 1.47 bits per heavy atom. The van der Waals surface area contributed by atoms with Gasteiger partial charge in [-0.1, -0.05) is 29.8 Å². The number of methoxy groups -OCH3 is 1. The molecule has 0 N–H and O–H groups in total. The third-order valence-electron chi connectivity index (χ3n) is 3.22. The summed E-state index contributed by atoms with van der Waals surface area (Å²) < 4.78 is 6.67.